The molecule has 6 heteroatoms. The van der Waals surface area contributed by atoms with E-state index in [4.69, 9.17) is 4.74 Å². The molecule has 20 heavy (non-hydrogen) atoms. The van der Waals surface area contributed by atoms with Crippen molar-refractivity contribution in [3.8, 4) is 0 Å². The molecule has 1 aliphatic rings. The van der Waals surface area contributed by atoms with Gasteiger partial charge in [0.15, 0.2) is 0 Å². The molecular formula is C14H21BrN2O2S. The van der Waals surface area contributed by atoms with Gasteiger partial charge in [0.2, 0.25) is 5.91 Å². The molecule has 1 N–H and O–H groups in total. The molecule has 1 fully saturated rings. The number of carbonyl (C=O) groups is 1. The van der Waals surface area contributed by atoms with Gasteiger partial charge in [-0.25, -0.2) is 0 Å². The quantitative estimate of drug-likeness (QED) is 0.877. The molecule has 0 spiro atoms. The molecule has 0 saturated carbocycles. The number of amides is 1. The van der Waals surface area contributed by atoms with Gasteiger partial charge in [-0.2, -0.15) is 0 Å². The van der Waals surface area contributed by atoms with Crippen molar-refractivity contribution in [2.24, 2.45) is 0 Å². The highest BCUT2D eigenvalue weighted by Crippen LogP contribution is 2.29. The van der Waals surface area contributed by atoms with Crippen LogP contribution in [0.5, 0.6) is 0 Å². The van der Waals surface area contributed by atoms with Crippen LogP contribution < -0.4 is 5.32 Å². The average Bonchev–Trinajstić information content (AvgIpc) is 2.86. The topological polar surface area (TPSA) is 41.6 Å². The van der Waals surface area contributed by atoms with Crippen molar-refractivity contribution in [1.29, 1.82) is 0 Å². The molecule has 1 atom stereocenters. The Kier molecular flexibility index (Phi) is 6.01. The van der Waals surface area contributed by atoms with Crippen LogP contribution in [0.25, 0.3) is 0 Å². The average molecular weight is 361 g/mol. The Labute approximate surface area is 132 Å². The van der Waals surface area contributed by atoms with Gasteiger partial charge in [-0.15, -0.1) is 11.3 Å². The van der Waals surface area contributed by atoms with Gasteiger partial charge in [0.05, 0.1) is 0 Å². The summed E-state index contributed by atoms with van der Waals surface area (Å²) in [5, 5.41) is 5.77. The third-order valence-corrected chi connectivity index (χ3v) is 5.69. The van der Waals surface area contributed by atoms with Gasteiger partial charge in [-0.1, -0.05) is 0 Å². The molecular weight excluding hydrogens is 340 g/mol. The number of carbonyl (C=O) groups excluding carboxylic acids is 1. The van der Waals surface area contributed by atoms with Gasteiger partial charge in [-0.05, 0) is 47.1 Å². The van der Waals surface area contributed by atoms with Gasteiger partial charge < -0.3 is 15.0 Å². The summed E-state index contributed by atoms with van der Waals surface area (Å²) in [5.41, 5.74) is 0. The van der Waals surface area contributed by atoms with E-state index in [1.807, 2.05) is 4.90 Å². The van der Waals surface area contributed by atoms with E-state index in [1.165, 1.54) is 9.35 Å². The smallest absolute Gasteiger partial charge is 0.248 e. The molecule has 1 aromatic heterocycles. The summed E-state index contributed by atoms with van der Waals surface area (Å²) in [4.78, 5) is 15.0. The molecule has 1 aromatic rings. The molecule has 112 valence electrons. The number of halogens is 1. The lowest BCUT2D eigenvalue weighted by atomic mass is 10.0. The van der Waals surface area contributed by atoms with Crippen LogP contribution in [0.15, 0.2) is 15.9 Å². The zero-order valence-electron chi connectivity index (χ0n) is 11.9. The van der Waals surface area contributed by atoms with E-state index in [0.717, 1.165) is 25.9 Å². The van der Waals surface area contributed by atoms with E-state index in [-0.39, 0.29) is 12.5 Å². The summed E-state index contributed by atoms with van der Waals surface area (Å²) in [6.45, 7) is 4.02. The number of nitrogens with one attached hydrogen (secondary N) is 1. The van der Waals surface area contributed by atoms with Gasteiger partial charge in [-0.3, -0.25) is 4.79 Å². The Morgan fingerprint density at radius 2 is 2.30 bits per heavy atom. The first-order valence-corrected chi connectivity index (χ1v) is 8.54. The second-order valence-corrected chi connectivity index (χ2v) is 6.91. The number of rotatable bonds is 5. The monoisotopic (exact) mass is 360 g/mol. The number of thiophene rings is 1. The zero-order chi connectivity index (χ0) is 14.5. The molecule has 2 rings (SSSR count). The molecule has 1 saturated heterocycles. The summed E-state index contributed by atoms with van der Waals surface area (Å²) < 4.78 is 6.08. The zero-order valence-corrected chi connectivity index (χ0v) is 14.3. The maximum atomic E-state index is 11.7. The summed E-state index contributed by atoms with van der Waals surface area (Å²) in [6.07, 6.45) is 2.01. The minimum absolute atomic E-state index is 0.0972. The summed E-state index contributed by atoms with van der Waals surface area (Å²) in [7, 11) is 1.56. The van der Waals surface area contributed by atoms with Crippen molar-refractivity contribution < 1.29 is 9.53 Å². The fraction of sp³-hybridized carbons (Fsp3) is 0.643. The van der Waals surface area contributed by atoms with E-state index >= 15 is 0 Å². The Morgan fingerprint density at radius 1 is 1.60 bits per heavy atom. The Morgan fingerprint density at radius 3 is 2.85 bits per heavy atom. The number of ether oxygens (including phenoxy) is 1. The molecule has 0 aliphatic carbocycles. The summed E-state index contributed by atoms with van der Waals surface area (Å²) in [6, 6.07) is 2.91. The standard InChI is InChI=1S/C14H21BrN2O2S/c1-10(14-12(15)5-8-20-14)16-11-3-6-17(7-4-11)13(18)9-19-2/h5,8,10-11,16H,3-4,6-7,9H2,1-2H3. The lowest BCUT2D eigenvalue weighted by Gasteiger charge is -2.33. The Balaban J connectivity index is 1.80. The molecule has 1 amide bonds. The van der Waals surface area contributed by atoms with Crippen LogP contribution in [0.3, 0.4) is 0 Å². The van der Waals surface area contributed by atoms with E-state index in [0.29, 0.717) is 12.1 Å². The molecule has 0 bridgehead atoms. The lowest BCUT2D eigenvalue weighted by molar-refractivity contribution is -0.136. The van der Waals surface area contributed by atoms with Gasteiger partial charge in [0.1, 0.15) is 6.61 Å². The van der Waals surface area contributed by atoms with Crippen molar-refractivity contribution in [2.75, 3.05) is 26.8 Å². The lowest BCUT2D eigenvalue weighted by Crippen LogP contribution is -2.46. The van der Waals surface area contributed by atoms with Crippen LogP contribution in [-0.4, -0.2) is 43.7 Å². The Hall–Kier alpha value is -0.430. The van der Waals surface area contributed by atoms with Crippen molar-refractivity contribution >= 4 is 33.2 Å². The minimum Gasteiger partial charge on any atom is -0.375 e. The molecule has 1 unspecified atom stereocenters. The number of methoxy groups -OCH3 is 1. The second-order valence-electron chi connectivity index (χ2n) is 5.11. The first-order valence-electron chi connectivity index (χ1n) is 6.87. The third kappa shape index (κ3) is 4.04. The van der Waals surface area contributed by atoms with E-state index in [2.05, 4.69) is 39.6 Å². The predicted octanol–water partition coefficient (Wildman–Crippen LogP) is 2.80. The summed E-state index contributed by atoms with van der Waals surface area (Å²) in [5.74, 6) is 0.0972. The first kappa shape index (κ1) is 15.9. The van der Waals surface area contributed by atoms with Crippen LogP contribution in [-0.2, 0) is 9.53 Å². The fourth-order valence-electron chi connectivity index (χ4n) is 2.55. The van der Waals surface area contributed by atoms with Crippen LogP contribution in [0.4, 0.5) is 0 Å². The maximum absolute atomic E-state index is 11.7. The summed E-state index contributed by atoms with van der Waals surface area (Å²) >= 11 is 5.35. The highest BCUT2D eigenvalue weighted by Gasteiger charge is 2.24. The normalized spacial score (nSPS) is 18.2. The van der Waals surface area contributed by atoms with E-state index in [9.17, 15) is 4.79 Å². The number of hydrogen-bond donors (Lipinski definition) is 1. The van der Waals surface area contributed by atoms with Gasteiger partial charge in [0.25, 0.3) is 0 Å². The van der Waals surface area contributed by atoms with Crippen LogP contribution in [0, 0.1) is 0 Å². The van der Waals surface area contributed by atoms with Crippen LogP contribution in [0.2, 0.25) is 0 Å². The number of piperidine rings is 1. The van der Waals surface area contributed by atoms with E-state index in [1.54, 1.807) is 18.4 Å². The number of hydrogen-bond acceptors (Lipinski definition) is 4. The largest absolute Gasteiger partial charge is 0.375 e. The van der Waals surface area contributed by atoms with Crippen LogP contribution >= 0.6 is 27.3 Å². The van der Waals surface area contributed by atoms with E-state index < -0.39 is 0 Å². The van der Waals surface area contributed by atoms with Crippen molar-refractivity contribution in [3.63, 3.8) is 0 Å². The minimum atomic E-state index is 0.0972. The predicted molar refractivity (Wildman–Crippen MR) is 85.0 cm³/mol. The third-order valence-electron chi connectivity index (χ3n) is 3.64. The highest BCUT2D eigenvalue weighted by molar-refractivity contribution is 9.10. The van der Waals surface area contributed by atoms with Crippen LogP contribution in [0.1, 0.15) is 30.7 Å². The molecule has 0 aromatic carbocycles. The molecule has 0 radical (unpaired) electrons. The van der Waals surface area contributed by atoms with Crippen molar-refractivity contribution in [2.45, 2.75) is 31.8 Å². The van der Waals surface area contributed by atoms with Gasteiger partial charge >= 0.3 is 0 Å². The fourth-order valence-corrected chi connectivity index (χ4v) is 4.29. The highest BCUT2D eigenvalue weighted by atomic mass is 79.9. The molecule has 2 heterocycles. The first-order chi connectivity index (χ1) is 9.61. The second kappa shape index (κ2) is 7.54. The van der Waals surface area contributed by atoms with Gasteiger partial charge in [0, 0.05) is 41.6 Å². The number of likely N-dealkylation sites (tertiary alicyclic amines) is 1. The Bertz CT molecular complexity index is 444. The van der Waals surface area contributed by atoms with Crippen molar-refractivity contribution in [3.05, 3.63) is 20.8 Å². The molecule has 1 aliphatic heterocycles. The molecule has 4 nitrogen and oxygen atoms in total. The SMILES string of the molecule is COCC(=O)N1CCC(NC(C)c2sccc2Br)CC1. The number of nitrogens with zero attached hydrogens (tertiary/aromatic N) is 1. The maximum Gasteiger partial charge on any atom is 0.248 e. The van der Waals surface area contributed by atoms with Crippen molar-refractivity contribution in [1.82, 2.24) is 10.2 Å².